The molecule has 0 aromatic carbocycles. The number of hydrogen-bond acceptors (Lipinski definition) is 4. The Morgan fingerprint density at radius 2 is 2.19 bits per heavy atom. The fourth-order valence-electron chi connectivity index (χ4n) is 2.21. The molecule has 0 aliphatic carbocycles. The van der Waals surface area contributed by atoms with E-state index >= 15 is 0 Å². The quantitative estimate of drug-likeness (QED) is 0.880. The Balaban J connectivity index is 2.13. The van der Waals surface area contributed by atoms with E-state index in [1.807, 2.05) is 11.6 Å². The number of amides is 1. The molecule has 6 nitrogen and oxygen atoms in total. The SMILES string of the molecule is COCCC(NC(=O)c1cnc2c(c1)ncn2C)C(C)C. The number of hydrogen-bond donors (Lipinski definition) is 1. The lowest BCUT2D eigenvalue weighted by atomic mass is 10.0. The van der Waals surface area contributed by atoms with Crippen molar-refractivity contribution in [3.63, 3.8) is 0 Å². The number of pyridine rings is 1. The lowest BCUT2D eigenvalue weighted by Crippen LogP contribution is -2.39. The highest BCUT2D eigenvalue weighted by molar-refractivity contribution is 5.96. The Morgan fingerprint density at radius 3 is 2.86 bits per heavy atom. The zero-order valence-corrected chi connectivity index (χ0v) is 13.0. The summed E-state index contributed by atoms with van der Waals surface area (Å²) >= 11 is 0. The van der Waals surface area contributed by atoms with E-state index in [-0.39, 0.29) is 11.9 Å². The van der Waals surface area contributed by atoms with Gasteiger partial charge in [0.15, 0.2) is 5.65 Å². The van der Waals surface area contributed by atoms with Gasteiger partial charge in [0, 0.05) is 33.0 Å². The minimum atomic E-state index is -0.121. The van der Waals surface area contributed by atoms with Crippen molar-refractivity contribution in [1.82, 2.24) is 19.9 Å². The van der Waals surface area contributed by atoms with Crippen molar-refractivity contribution < 1.29 is 9.53 Å². The average Bonchev–Trinajstić information content (AvgIpc) is 2.84. The zero-order valence-electron chi connectivity index (χ0n) is 13.0. The molecule has 2 rings (SSSR count). The van der Waals surface area contributed by atoms with Gasteiger partial charge in [-0.3, -0.25) is 4.79 Å². The van der Waals surface area contributed by atoms with Crippen LogP contribution in [0.4, 0.5) is 0 Å². The first kappa shape index (κ1) is 15.4. The van der Waals surface area contributed by atoms with E-state index in [9.17, 15) is 4.79 Å². The molecular formula is C15H22N4O2. The molecule has 2 heterocycles. The summed E-state index contributed by atoms with van der Waals surface area (Å²) in [7, 11) is 3.54. The molecule has 114 valence electrons. The fourth-order valence-corrected chi connectivity index (χ4v) is 2.21. The second-order valence-electron chi connectivity index (χ2n) is 5.53. The van der Waals surface area contributed by atoms with Gasteiger partial charge in [-0.1, -0.05) is 13.8 Å². The summed E-state index contributed by atoms with van der Waals surface area (Å²) in [5, 5.41) is 3.05. The molecule has 0 spiro atoms. The van der Waals surface area contributed by atoms with Gasteiger partial charge in [0.1, 0.15) is 5.52 Å². The maximum absolute atomic E-state index is 12.3. The fraction of sp³-hybridized carbons (Fsp3) is 0.533. The van der Waals surface area contributed by atoms with E-state index in [1.54, 1.807) is 25.7 Å². The first-order valence-corrected chi connectivity index (χ1v) is 7.09. The Bertz CT molecular complexity index is 621. The molecule has 0 aliphatic heterocycles. The van der Waals surface area contributed by atoms with Crippen LogP contribution in [0, 0.1) is 5.92 Å². The number of rotatable bonds is 6. The first-order chi connectivity index (χ1) is 10.0. The number of nitrogens with one attached hydrogen (secondary N) is 1. The van der Waals surface area contributed by atoms with Crippen LogP contribution in [-0.2, 0) is 11.8 Å². The summed E-state index contributed by atoms with van der Waals surface area (Å²) in [4.78, 5) is 20.9. The number of fused-ring (bicyclic) bond motifs is 1. The third-order valence-electron chi connectivity index (χ3n) is 3.57. The molecule has 0 radical (unpaired) electrons. The standard InChI is InChI=1S/C15H22N4O2/c1-10(2)12(5-6-21-4)18-15(20)11-7-13-14(16-8-11)19(3)9-17-13/h7-10,12H,5-6H2,1-4H3,(H,18,20). The van der Waals surface area contributed by atoms with Crippen molar-refractivity contribution in [2.24, 2.45) is 13.0 Å². The maximum atomic E-state index is 12.3. The molecule has 6 heteroatoms. The van der Waals surface area contributed by atoms with Crippen LogP contribution in [0.3, 0.4) is 0 Å². The van der Waals surface area contributed by atoms with Gasteiger partial charge in [-0.15, -0.1) is 0 Å². The molecule has 2 aromatic rings. The molecule has 0 saturated carbocycles. The number of nitrogens with zero attached hydrogens (tertiary/aromatic N) is 3. The summed E-state index contributed by atoms with van der Waals surface area (Å²) in [5.41, 5.74) is 2.03. The second-order valence-corrected chi connectivity index (χ2v) is 5.53. The third-order valence-corrected chi connectivity index (χ3v) is 3.57. The third kappa shape index (κ3) is 3.58. The monoisotopic (exact) mass is 290 g/mol. The molecule has 1 atom stereocenters. The normalized spacial score (nSPS) is 12.8. The van der Waals surface area contributed by atoms with Crippen LogP contribution in [0.1, 0.15) is 30.6 Å². The summed E-state index contributed by atoms with van der Waals surface area (Å²) in [6.45, 7) is 4.79. The molecule has 1 unspecified atom stereocenters. The van der Waals surface area contributed by atoms with Crippen LogP contribution in [-0.4, -0.2) is 40.2 Å². The first-order valence-electron chi connectivity index (χ1n) is 7.09. The molecule has 0 fully saturated rings. The van der Waals surface area contributed by atoms with Crippen molar-refractivity contribution in [2.75, 3.05) is 13.7 Å². The van der Waals surface area contributed by atoms with E-state index in [2.05, 4.69) is 29.1 Å². The van der Waals surface area contributed by atoms with E-state index in [1.165, 1.54) is 0 Å². The highest BCUT2D eigenvalue weighted by atomic mass is 16.5. The Hall–Kier alpha value is -1.95. The Morgan fingerprint density at radius 1 is 1.43 bits per heavy atom. The number of carbonyl (C=O) groups is 1. The van der Waals surface area contributed by atoms with E-state index in [0.717, 1.165) is 17.6 Å². The number of imidazole rings is 1. The summed E-state index contributed by atoms with van der Waals surface area (Å²) in [6.07, 6.45) is 4.07. The van der Waals surface area contributed by atoms with Crippen LogP contribution in [0.2, 0.25) is 0 Å². The van der Waals surface area contributed by atoms with Gasteiger partial charge in [0.25, 0.3) is 5.91 Å². The average molecular weight is 290 g/mol. The zero-order chi connectivity index (χ0) is 15.4. The minimum absolute atomic E-state index is 0.0804. The van der Waals surface area contributed by atoms with Crippen LogP contribution >= 0.6 is 0 Å². The summed E-state index contributed by atoms with van der Waals surface area (Å²) in [5.74, 6) is 0.223. The smallest absolute Gasteiger partial charge is 0.253 e. The molecule has 0 bridgehead atoms. The number of aromatic nitrogens is 3. The van der Waals surface area contributed by atoms with Gasteiger partial charge >= 0.3 is 0 Å². The highest BCUT2D eigenvalue weighted by Gasteiger charge is 2.18. The van der Waals surface area contributed by atoms with Gasteiger partial charge < -0.3 is 14.6 Å². The molecule has 1 amide bonds. The minimum Gasteiger partial charge on any atom is -0.385 e. The number of methoxy groups -OCH3 is 1. The van der Waals surface area contributed by atoms with Crippen molar-refractivity contribution in [3.8, 4) is 0 Å². The molecule has 1 N–H and O–H groups in total. The highest BCUT2D eigenvalue weighted by Crippen LogP contribution is 2.12. The van der Waals surface area contributed by atoms with Crippen molar-refractivity contribution in [1.29, 1.82) is 0 Å². The van der Waals surface area contributed by atoms with Crippen molar-refractivity contribution in [3.05, 3.63) is 24.2 Å². The van der Waals surface area contributed by atoms with Crippen molar-refractivity contribution in [2.45, 2.75) is 26.3 Å². The molecule has 2 aromatic heterocycles. The second kappa shape index (κ2) is 6.67. The van der Waals surface area contributed by atoms with E-state index < -0.39 is 0 Å². The van der Waals surface area contributed by atoms with E-state index in [4.69, 9.17) is 4.74 Å². The molecule has 0 saturated heterocycles. The largest absolute Gasteiger partial charge is 0.385 e. The molecule has 21 heavy (non-hydrogen) atoms. The van der Waals surface area contributed by atoms with Crippen LogP contribution in [0.25, 0.3) is 11.2 Å². The number of aryl methyl sites for hydroxylation is 1. The Labute approximate surface area is 124 Å². The van der Waals surface area contributed by atoms with Crippen LogP contribution in [0.5, 0.6) is 0 Å². The number of ether oxygens (including phenoxy) is 1. The molecule has 0 aliphatic rings. The van der Waals surface area contributed by atoms with Gasteiger partial charge in [0.05, 0.1) is 11.9 Å². The maximum Gasteiger partial charge on any atom is 0.253 e. The van der Waals surface area contributed by atoms with Gasteiger partial charge in [-0.25, -0.2) is 9.97 Å². The van der Waals surface area contributed by atoms with E-state index in [0.29, 0.717) is 18.1 Å². The van der Waals surface area contributed by atoms with Gasteiger partial charge in [-0.05, 0) is 18.4 Å². The van der Waals surface area contributed by atoms with Gasteiger partial charge in [0.2, 0.25) is 0 Å². The number of carbonyl (C=O) groups excluding carboxylic acids is 1. The van der Waals surface area contributed by atoms with Crippen LogP contribution < -0.4 is 5.32 Å². The summed E-state index contributed by atoms with van der Waals surface area (Å²) in [6, 6.07) is 1.85. The van der Waals surface area contributed by atoms with Crippen LogP contribution in [0.15, 0.2) is 18.6 Å². The lowest BCUT2D eigenvalue weighted by Gasteiger charge is -2.22. The lowest BCUT2D eigenvalue weighted by molar-refractivity contribution is 0.0908. The molecular weight excluding hydrogens is 268 g/mol. The predicted octanol–water partition coefficient (Wildman–Crippen LogP) is 1.76. The summed E-state index contributed by atoms with van der Waals surface area (Å²) < 4.78 is 6.92. The Kier molecular flexibility index (Phi) is 4.90. The topological polar surface area (TPSA) is 69.0 Å². The predicted molar refractivity (Wildman–Crippen MR) is 81.1 cm³/mol. The van der Waals surface area contributed by atoms with Crippen molar-refractivity contribution >= 4 is 17.1 Å². The van der Waals surface area contributed by atoms with Gasteiger partial charge in [-0.2, -0.15) is 0 Å².